The smallest absolute Gasteiger partial charge is 0.354 e. The number of carbonyl (C=O) groups is 2. The molecule has 134 valence electrons. The number of pyridine rings is 1. The lowest BCUT2D eigenvalue weighted by Crippen LogP contribution is -2.30. The van der Waals surface area contributed by atoms with Crippen molar-refractivity contribution in [3.05, 3.63) is 53.3 Å². The van der Waals surface area contributed by atoms with E-state index in [0.29, 0.717) is 31.1 Å². The van der Waals surface area contributed by atoms with E-state index in [1.54, 1.807) is 0 Å². The normalized spacial score (nSPS) is 18.6. The molecule has 7 heteroatoms. The number of benzene rings is 1. The van der Waals surface area contributed by atoms with Crippen LogP contribution in [0.1, 0.15) is 45.3 Å². The van der Waals surface area contributed by atoms with Gasteiger partial charge in [0.25, 0.3) is 5.91 Å². The number of fused-ring (bicyclic) bond motifs is 1. The lowest BCUT2D eigenvalue weighted by Gasteiger charge is -2.26. The number of rotatable bonds is 3. The second-order valence-electron chi connectivity index (χ2n) is 6.30. The molecule has 1 N–H and O–H groups in total. The maximum absolute atomic E-state index is 12.9. The molecule has 7 nitrogen and oxygen atoms in total. The van der Waals surface area contributed by atoms with Crippen LogP contribution < -0.4 is 9.47 Å². The van der Waals surface area contributed by atoms with Crippen molar-refractivity contribution in [3.63, 3.8) is 0 Å². The fraction of sp³-hybridized carbons (Fsp3) is 0.316. The molecule has 0 spiro atoms. The molecule has 1 aromatic heterocycles. The van der Waals surface area contributed by atoms with Crippen molar-refractivity contribution in [1.82, 2.24) is 9.88 Å². The maximum atomic E-state index is 12.9. The van der Waals surface area contributed by atoms with Crippen LogP contribution in [0.25, 0.3) is 0 Å². The molecular formula is C19H18N2O5. The van der Waals surface area contributed by atoms with Crippen molar-refractivity contribution in [2.24, 2.45) is 0 Å². The number of aromatic carboxylic acids is 1. The minimum atomic E-state index is -1.11. The van der Waals surface area contributed by atoms with Crippen LogP contribution in [0.3, 0.4) is 0 Å². The average molecular weight is 354 g/mol. The third-order valence-electron chi connectivity index (χ3n) is 4.69. The Morgan fingerprint density at radius 2 is 1.92 bits per heavy atom. The summed E-state index contributed by atoms with van der Waals surface area (Å²) in [5.41, 5.74) is 1.32. The fourth-order valence-corrected chi connectivity index (χ4v) is 3.44. The van der Waals surface area contributed by atoms with Crippen LogP contribution in [0.2, 0.25) is 0 Å². The third kappa shape index (κ3) is 2.96. The van der Waals surface area contributed by atoms with Crippen LogP contribution in [-0.4, -0.2) is 46.6 Å². The van der Waals surface area contributed by atoms with E-state index in [2.05, 4.69) is 4.98 Å². The molecule has 1 saturated heterocycles. The zero-order chi connectivity index (χ0) is 18.1. The van der Waals surface area contributed by atoms with E-state index in [9.17, 15) is 9.59 Å². The number of hydrogen-bond acceptors (Lipinski definition) is 5. The van der Waals surface area contributed by atoms with Crippen LogP contribution in [-0.2, 0) is 0 Å². The molecule has 1 aromatic carbocycles. The van der Waals surface area contributed by atoms with Gasteiger partial charge in [-0.25, -0.2) is 9.78 Å². The lowest BCUT2D eigenvalue weighted by atomic mass is 10.0. The molecule has 0 saturated carbocycles. The largest absolute Gasteiger partial charge is 0.486 e. The van der Waals surface area contributed by atoms with Crippen LogP contribution in [0, 0.1) is 0 Å². The highest BCUT2D eigenvalue weighted by molar-refractivity contribution is 5.95. The Labute approximate surface area is 150 Å². The van der Waals surface area contributed by atoms with E-state index >= 15 is 0 Å². The number of likely N-dealkylation sites (tertiary alicyclic amines) is 1. The van der Waals surface area contributed by atoms with Gasteiger partial charge in [0.15, 0.2) is 11.5 Å². The van der Waals surface area contributed by atoms with Crippen molar-refractivity contribution < 1.29 is 24.2 Å². The Morgan fingerprint density at radius 1 is 1.12 bits per heavy atom. The summed E-state index contributed by atoms with van der Waals surface area (Å²) >= 11 is 0. The van der Waals surface area contributed by atoms with Gasteiger partial charge in [-0.1, -0.05) is 6.07 Å². The van der Waals surface area contributed by atoms with Crippen LogP contribution in [0.5, 0.6) is 11.5 Å². The second kappa shape index (κ2) is 6.67. The van der Waals surface area contributed by atoms with Gasteiger partial charge in [0, 0.05) is 12.7 Å². The highest BCUT2D eigenvalue weighted by Gasteiger charge is 2.31. The highest BCUT2D eigenvalue weighted by atomic mass is 16.6. The van der Waals surface area contributed by atoms with Crippen molar-refractivity contribution in [2.45, 2.75) is 18.9 Å². The summed E-state index contributed by atoms with van der Waals surface area (Å²) in [4.78, 5) is 29.4. The first kappa shape index (κ1) is 16.4. The lowest BCUT2D eigenvalue weighted by molar-refractivity contribution is 0.0685. The van der Waals surface area contributed by atoms with Crippen molar-refractivity contribution in [1.29, 1.82) is 0 Å². The van der Waals surface area contributed by atoms with Gasteiger partial charge in [-0.15, -0.1) is 0 Å². The van der Waals surface area contributed by atoms with Gasteiger partial charge in [-0.2, -0.15) is 0 Å². The Balaban J connectivity index is 1.58. The Bertz CT molecular complexity index is 850. The Kier molecular flexibility index (Phi) is 4.20. The predicted octanol–water partition coefficient (Wildman–Crippen LogP) is 2.53. The molecule has 1 amide bonds. The zero-order valence-electron chi connectivity index (χ0n) is 14.1. The number of amides is 1. The number of carboxylic acid groups (broad SMARTS) is 1. The quantitative estimate of drug-likeness (QED) is 0.911. The molecule has 2 aromatic rings. The first-order chi connectivity index (χ1) is 12.6. The molecule has 0 aliphatic carbocycles. The predicted molar refractivity (Wildman–Crippen MR) is 91.6 cm³/mol. The van der Waals surface area contributed by atoms with Crippen molar-refractivity contribution in [3.8, 4) is 11.5 Å². The molecule has 3 heterocycles. The Morgan fingerprint density at radius 3 is 2.65 bits per heavy atom. The number of aromatic nitrogens is 1. The van der Waals surface area contributed by atoms with E-state index in [4.69, 9.17) is 14.6 Å². The molecule has 2 aliphatic heterocycles. The number of carboxylic acids is 1. The number of hydrogen-bond donors (Lipinski definition) is 1. The first-order valence-electron chi connectivity index (χ1n) is 8.53. The molecule has 1 fully saturated rings. The van der Waals surface area contributed by atoms with Crippen LogP contribution in [0.15, 0.2) is 36.5 Å². The molecule has 4 rings (SSSR count). The van der Waals surface area contributed by atoms with E-state index in [0.717, 1.165) is 24.2 Å². The van der Waals surface area contributed by atoms with Crippen molar-refractivity contribution in [2.75, 3.05) is 19.8 Å². The topological polar surface area (TPSA) is 89.0 Å². The summed E-state index contributed by atoms with van der Waals surface area (Å²) in [5.74, 6) is 0.177. The molecule has 0 unspecified atom stereocenters. The van der Waals surface area contributed by atoms with E-state index in [-0.39, 0.29) is 17.6 Å². The number of ether oxygens (including phenoxy) is 2. The summed E-state index contributed by atoms with van der Waals surface area (Å²) in [6.45, 7) is 1.71. The molecule has 0 bridgehead atoms. The maximum Gasteiger partial charge on any atom is 0.354 e. The second-order valence-corrected chi connectivity index (χ2v) is 6.30. The minimum absolute atomic E-state index is 0.0440. The molecular weight excluding hydrogens is 336 g/mol. The standard InChI is InChI=1S/C19H18N2O5/c22-18(13-3-5-14(19(23)24)20-11-13)21-7-1-2-15(21)12-4-6-16-17(10-12)26-9-8-25-16/h3-6,10-11,15H,1-2,7-9H2,(H,23,24)/t15-/m1/s1. The van der Waals surface area contributed by atoms with Crippen LogP contribution in [0.4, 0.5) is 0 Å². The third-order valence-corrected chi connectivity index (χ3v) is 4.69. The van der Waals surface area contributed by atoms with Gasteiger partial charge in [0.05, 0.1) is 11.6 Å². The first-order valence-corrected chi connectivity index (χ1v) is 8.53. The highest BCUT2D eigenvalue weighted by Crippen LogP contribution is 2.38. The Hall–Kier alpha value is -3.09. The van der Waals surface area contributed by atoms with Gasteiger partial charge >= 0.3 is 5.97 Å². The average Bonchev–Trinajstić information content (AvgIpc) is 3.17. The summed E-state index contributed by atoms with van der Waals surface area (Å²) in [6, 6.07) is 8.61. The van der Waals surface area contributed by atoms with Crippen LogP contribution >= 0.6 is 0 Å². The van der Waals surface area contributed by atoms with E-state index in [1.807, 2.05) is 23.1 Å². The van der Waals surface area contributed by atoms with Gasteiger partial charge in [-0.3, -0.25) is 4.79 Å². The number of carbonyl (C=O) groups excluding carboxylic acids is 1. The summed E-state index contributed by atoms with van der Waals surface area (Å²) in [7, 11) is 0. The van der Waals surface area contributed by atoms with Gasteiger partial charge in [-0.05, 0) is 42.7 Å². The van der Waals surface area contributed by atoms with Gasteiger partial charge in [0.1, 0.15) is 18.9 Å². The SMILES string of the molecule is O=C(O)c1ccc(C(=O)N2CCC[C@@H]2c2ccc3c(c2)OCCO3)cn1. The number of nitrogens with zero attached hydrogens (tertiary/aromatic N) is 2. The van der Waals surface area contributed by atoms with E-state index in [1.165, 1.54) is 18.3 Å². The molecule has 2 aliphatic rings. The summed E-state index contributed by atoms with van der Waals surface area (Å²) in [6.07, 6.45) is 3.10. The monoisotopic (exact) mass is 354 g/mol. The summed E-state index contributed by atoms with van der Waals surface area (Å²) < 4.78 is 11.2. The van der Waals surface area contributed by atoms with Gasteiger partial charge in [0.2, 0.25) is 0 Å². The fourth-order valence-electron chi connectivity index (χ4n) is 3.44. The van der Waals surface area contributed by atoms with Gasteiger partial charge < -0.3 is 19.5 Å². The van der Waals surface area contributed by atoms with Crippen molar-refractivity contribution >= 4 is 11.9 Å². The molecule has 26 heavy (non-hydrogen) atoms. The summed E-state index contributed by atoms with van der Waals surface area (Å²) in [5, 5.41) is 8.93. The molecule has 0 radical (unpaired) electrons. The van der Waals surface area contributed by atoms with E-state index < -0.39 is 5.97 Å². The molecule has 1 atom stereocenters. The zero-order valence-corrected chi connectivity index (χ0v) is 14.1. The minimum Gasteiger partial charge on any atom is -0.486 e.